The van der Waals surface area contributed by atoms with E-state index in [1.54, 1.807) is 12.1 Å². The molecule has 0 bridgehead atoms. The number of carbonyl (C=O) groups is 2. The first-order valence-electron chi connectivity index (χ1n) is 6.00. The number of carbonyl (C=O) groups excluding carboxylic acids is 2. The van der Waals surface area contributed by atoms with Crippen molar-refractivity contribution in [2.75, 3.05) is 4.90 Å². The van der Waals surface area contributed by atoms with Gasteiger partial charge in [-0.15, -0.1) is 0 Å². The lowest BCUT2D eigenvalue weighted by Crippen LogP contribution is -2.30. The highest BCUT2D eigenvalue weighted by Crippen LogP contribution is 2.37. The van der Waals surface area contributed by atoms with Gasteiger partial charge in [-0.3, -0.25) is 14.5 Å². The second-order valence-corrected chi connectivity index (χ2v) is 4.68. The maximum Gasteiger partial charge on any atom is 0.238 e. The van der Waals surface area contributed by atoms with Gasteiger partial charge in [0.15, 0.2) is 0 Å². The molecule has 1 saturated heterocycles. The molecule has 92 valence electrons. The number of aromatic hydroxyl groups is 1. The van der Waals surface area contributed by atoms with Crippen molar-refractivity contribution in [3.63, 3.8) is 0 Å². The summed E-state index contributed by atoms with van der Waals surface area (Å²) in [6.45, 7) is 0. The molecule has 18 heavy (non-hydrogen) atoms. The van der Waals surface area contributed by atoms with Gasteiger partial charge in [0.25, 0.3) is 0 Å². The van der Waals surface area contributed by atoms with E-state index in [-0.39, 0.29) is 29.4 Å². The molecule has 2 amide bonds. The molecule has 1 fully saturated rings. The number of rotatable bonds is 1. The van der Waals surface area contributed by atoms with Crippen LogP contribution in [0.15, 0.2) is 36.4 Å². The number of benzene rings is 1. The predicted octanol–water partition coefficient (Wildman–Crippen LogP) is 1.85. The number of hydrogen-bond acceptors (Lipinski definition) is 3. The lowest BCUT2D eigenvalue weighted by atomic mass is 9.85. The van der Waals surface area contributed by atoms with Gasteiger partial charge < -0.3 is 5.11 Å². The molecule has 0 saturated carbocycles. The van der Waals surface area contributed by atoms with Crippen molar-refractivity contribution < 1.29 is 14.7 Å². The third-order valence-corrected chi connectivity index (χ3v) is 3.62. The van der Waals surface area contributed by atoms with Crippen LogP contribution in [0.1, 0.15) is 12.8 Å². The minimum Gasteiger partial charge on any atom is -0.508 e. The van der Waals surface area contributed by atoms with Crippen molar-refractivity contribution >= 4 is 17.5 Å². The molecule has 3 rings (SSSR count). The molecule has 0 unspecified atom stereocenters. The zero-order valence-electron chi connectivity index (χ0n) is 9.74. The van der Waals surface area contributed by atoms with E-state index < -0.39 is 0 Å². The number of anilines is 1. The molecule has 4 heteroatoms. The van der Waals surface area contributed by atoms with Crippen LogP contribution in [0.5, 0.6) is 5.75 Å². The minimum atomic E-state index is -0.212. The fourth-order valence-corrected chi connectivity index (χ4v) is 2.66. The SMILES string of the molecule is O=C1[C@H]2CC=CC[C@@H]2C(=O)N1c1ccc(O)cc1. The van der Waals surface area contributed by atoms with E-state index >= 15 is 0 Å². The molecule has 0 spiro atoms. The van der Waals surface area contributed by atoms with E-state index in [1.165, 1.54) is 17.0 Å². The summed E-state index contributed by atoms with van der Waals surface area (Å²) >= 11 is 0. The van der Waals surface area contributed by atoms with Gasteiger partial charge in [-0.2, -0.15) is 0 Å². The van der Waals surface area contributed by atoms with Gasteiger partial charge in [-0.25, -0.2) is 0 Å². The second kappa shape index (κ2) is 3.98. The number of amides is 2. The summed E-state index contributed by atoms with van der Waals surface area (Å²) in [4.78, 5) is 25.7. The van der Waals surface area contributed by atoms with Gasteiger partial charge in [-0.1, -0.05) is 12.2 Å². The summed E-state index contributed by atoms with van der Waals surface area (Å²) in [5.74, 6) is -0.551. The smallest absolute Gasteiger partial charge is 0.238 e. The zero-order chi connectivity index (χ0) is 12.7. The largest absolute Gasteiger partial charge is 0.508 e. The van der Waals surface area contributed by atoms with Crippen LogP contribution >= 0.6 is 0 Å². The van der Waals surface area contributed by atoms with Crippen LogP contribution in [0, 0.1) is 11.8 Å². The summed E-state index contributed by atoms with van der Waals surface area (Å²) in [5, 5.41) is 9.24. The maximum atomic E-state index is 12.2. The number of allylic oxidation sites excluding steroid dienone is 2. The Bertz CT molecular complexity index is 506. The standard InChI is InChI=1S/C14H13NO3/c16-10-7-5-9(6-8-10)15-13(17)11-3-1-2-4-12(11)14(15)18/h1-2,5-8,11-12,16H,3-4H2/t11-,12-/m0/s1. The van der Waals surface area contributed by atoms with Gasteiger partial charge in [0.1, 0.15) is 5.75 Å². The Balaban J connectivity index is 1.96. The molecule has 2 aliphatic rings. The van der Waals surface area contributed by atoms with Crippen molar-refractivity contribution in [1.29, 1.82) is 0 Å². The molecular weight excluding hydrogens is 230 g/mol. The minimum absolute atomic E-state index is 0.122. The summed E-state index contributed by atoms with van der Waals surface area (Å²) < 4.78 is 0. The molecule has 2 atom stereocenters. The normalized spacial score (nSPS) is 26.6. The first kappa shape index (κ1) is 11.0. The summed E-state index contributed by atoms with van der Waals surface area (Å²) in [7, 11) is 0. The second-order valence-electron chi connectivity index (χ2n) is 4.68. The average Bonchev–Trinajstić information content (AvgIpc) is 2.64. The van der Waals surface area contributed by atoms with Crippen LogP contribution in [0.2, 0.25) is 0 Å². The van der Waals surface area contributed by atoms with Crippen molar-refractivity contribution in [3.8, 4) is 5.75 Å². The molecule has 1 heterocycles. The van der Waals surface area contributed by atoms with Gasteiger partial charge in [0.2, 0.25) is 11.8 Å². The Morgan fingerprint density at radius 1 is 0.944 bits per heavy atom. The highest BCUT2D eigenvalue weighted by atomic mass is 16.3. The number of nitrogens with zero attached hydrogens (tertiary/aromatic N) is 1. The molecule has 4 nitrogen and oxygen atoms in total. The van der Waals surface area contributed by atoms with Crippen molar-refractivity contribution in [1.82, 2.24) is 0 Å². The Hall–Kier alpha value is -2.10. The quantitative estimate of drug-likeness (QED) is 0.605. The Kier molecular flexibility index (Phi) is 2.44. The highest BCUT2D eigenvalue weighted by Gasteiger charge is 2.47. The van der Waals surface area contributed by atoms with Crippen molar-refractivity contribution in [3.05, 3.63) is 36.4 Å². The van der Waals surface area contributed by atoms with Gasteiger partial charge >= 0.3 is 0 Å². The lowest BCUT2D eigenvalue weighted by molar-refractivity contribution is -0.122. The number of fused-ring (bicyclic) bond motifs is 1. The fraction of sp³-hybridized carbons (Fsp3) is 0.286. The van der Waals surface area contributed by atoms with Crippen LogP contribution < -0.4 is 4.90 Å². The van der Waals surface area contributed by atoms with Crippen LogP contribution in [0.4, 0.5) is 5.69 Å². The lowest BCUT2D eigenvalue weighted by Gasteiger charge is -2.14. The monoisotopic (exact) mass is 243 g/mol. The van der Waals surface area contributed by atoms with E-state index in [4.69, 9.17) is 0 Å². The Morgan fingerprint density at radius 3 is 1.94 bits per heavy atom. The highest BCUT2D eigenvalue weighted by molar-refractivity contribution is 6.22. The molecule has 1 aromatic carbocycles. The third kappa shape index (κ3) is 1.53. The maximum absolute atomic E-state index is 12.2. The summed E-state index contributed by atoms with van der Waals surface area (Å²) in [5.41, 5.74) is 0.539. The van der Waals surface area contributed by atoms with Gasteiger partial charge in [0.05, 0.1) is 17.5 Å². The molecular formula is C14H13NO3. The number of imide groups is 1. The number of phenolic OH excluding ortho intramolecular Hbond substituents is 1. The summed E-state index contributed by atoms with van der Waals surface area (Å²) in [6, 6.07) is 6.15. The van der Waals surface area contributed by atoms with E-state index in [0.29, 0.717) is 18.5 Å². The number of phenols is 1. The fourth-order valence-electron chi connectivity index (χ4n) is 2.66. The summed E-state index contributed by atoms with van der Waals surface area (Å²) in [6.07, 6.45) is 5.22. The average molecular weight is 243 g/mol. The molecule has 1 aromatic rings. The van der Waals surface area contributed by atoms with E-state index in [0.717, 1.165) is 0 Å². The topological polar surface area (TPSA) is 57.6 Å². The number of hydrogen-bond donors (Lipinski definition) is 1. The zero-order valence-corrected chi connectivity index (χ0v) is 9.74. The molecule has 1 aliphatic heterocycles. The van der Waals surface area contributed by atoms with Crippen LogP contribution in [-0.4, -0.2) is 16.9 Å². The molecule has 0 radical (unpaired) electrons. The van der Waals surface area contributed by atoms with Gasteiger partial charge in [0, 0.05) is 0 Å². The Morgan fingerprint density at radius 2 is 1.44 bits per heavy atom. The first-order chi connectivity index (χ1) is 8.68. The van der Waals surface area contributed by atoms with Crippen LogP contribution in [0.3, 0.4) is 0 Å². The van der Waals surface area contributed by atoms with Gasteiger partial charge in [-0.05, 0) is 37.1 Å². The van der Waals surface area contributed by atoms with E-state index in [2.05, 4.69) is 0 Å². The predicted molar refractivity (Wildman–Crippen MR) is 66.0 cm³/mol. The molecule has 1 aliphatic carbocycles. The molecule has 0 aromatic heterocycles. The van der Waals surface area contributed by atoms with E-state index in [1.807, 2.05) is 12.2 Å². The van der Waals surface area contributed by atoms with E-state index in [9.17, 15) is 14.7 Å². The third-order valence-electron chi connectivity index (χ3n) is 3.62. The van der Waals surface area contributed by atoms with Crippen LogP contribution in [-0.2, 0) is 9.59 Å². The first-order valence-corrected chi connectivity index (χ1v) is 6.00. The molecule has 1 N–H and O–H groups in total. The van der Waals surface area contributed by atoms with Crippen molar-refractivity contribution in [2.45, 2.75) is 12.8 Å². The Labute approximate surface area is 105 Å². The van der Waals surface area contributed by atoms with Crippen molar-refractivity contribution in [2.24, 2.45) is 11.8 Å². The van der Waals surface area contributed by atoms with Crippen LogP contribution in [0.25, 0.3) is 0 Å².